The van der Waals surface area contributed by atoms with Crippen LogP contribution in [-0.4, -0.2) is 29.8 Å². The molecule has 0 spiro atoms. The molecule has 28 heavy (non-hydrogen) atoms. The molecule has 0 atom stereocenters. The lowest BCUT2D eigenvalue weighted by atomic mass is 10.1. The number of aromatic nitrogens is 2. The molecule has 3 aromatic rings. The molecule has 0 aliphatic rings. The number of ether oxygens (including phenoxy) is 2. The average molecular weight is 381 g/mol. The van der Waals surface area contributed by atoms with Crippen molar-refractivity contribution in [3.8, 4) is 11.5 Å². The standard InChI is InChI=1S/C21H23N3O4/c1-3-4-11-28-17-10-9-14(12-18(17)27-2)13-22-21(26)19-15-7-5-6-8-16(15)20(25)24-23-19/h5-10,12H,3-4,11,13H2,1-2H3,(H,22,26)(H,24,25). The van der Waals surface area contributed by atoms with Crippen LogP contribution in [0, 0.1) is 0 Å². The van der Waals surface area contributed by atoms with E-state index in [1.165, 1.54) is 0 Å². The number of carbonyl (C=O) groups is 1. The molecule has 0 bridgehead atoms. The summed E-state index contributed by atoms with van der Waals surface area (Å²) in [5.74, 6) is 0.935. The van der Waals surface area contributed by atoms with Gasteiger partial charge in [-0.15, -0.1) is 0 Å². The van der Waals surface area contributed by atoms with E-state index in [1.54, 1.807) is 31.4 Å². The van der Waals surface area contributed by atoms with Crippen LogP contribution < -0.4 is 20.3 Å². The number of benzene rings is 2. The highest BCUT2D eigenvalue weighted by molar-refractivity contribution is 6.04. The summed E-state index contributed by atoms with van der Waals surface area (Å²) in [7, 11) is 1.58. The van der Waals surface area contributed by atoms with E-state index >= 15 is 0 Å². The molecule has 0 aliphatic heterocycles. The Labute approximate surface area is 162 Å². The predicted molar refractivity (Wildman–Crippen MR) is 107 cm³/mol. The number of amides is 1. The van der Waals surface area contributed by atoms with Gasteiger partial charge in [0.1, 0.15) is 0 Å². The summed E-state index contributed by atoms with van der Waals surface area (Å²) in [4.78, 5) is 24.4. The molecule has 0 saturated carbocycles. The summed E-state index contributed by atoms with van der Waals surface area (Å²) in [5.41, 5.74) is 0.721. The average Bonchev–Trinajstić information content (AvgIpc) is 2.73. The number of carbonyl (C=O) groups excluding carboxylic acids is 1. The molecule has 7 heteroatoms. The van der Waals surface area contributed by atoms with E-state index in [2.05, 4.69) is 22.4 Å². The van der Waals surface area contributed by atoms with Crippen molar-refractivity contribution in [3.05, 3.63) is 64.1 Å². The number of rotatable bonds is 8. The molecule has 1 aromatic heterocycles. The molecule has 0 fully saturated rings. The van der Waals surface area contributed by atoms with Crippen molar-refractivity contribution in [1.82, 2.24) is 15.5 Å². The van der Waals surface area contributed by atoms with Crippen molar-refractivity contribution < 1.29 is 14.3 Å². The maximum Gasteiger partial charge on any atom is 0.272 e. The Morgan fingerprint density at radius 1 is 1.14 bits per heavy atom. The molecular weight excluding hydrogens is 358 g/mol. The van der Waals surface area contributed by atoms with Gasteiger partial charge in [-0.05, 0) is 30.2 Å². The number of aromatic amines is 1. The van der Waals surface area contributed by atoms with Crippen LogP contribution in [0.15, 0.2) is 47.3 Å². The van der Waals surface area contributed by atoms with E-state index in [4.69, 9.17) is 9.47 Å². The third-order valence-electron chi connectivity index (χ3n) is 4.35. The van der Waals surface area contributed by atoms with Gasteiger partial charge in [-0.3, -0.25) is 9.59 Å². The van der Waals surface area contributed by atoms with Crippen molar-refractivity contribution in [1.29, 1.82) is 0 Å². The summed E-state index contributed by atoms with van der Waals surface area (Å²) in [6.07, 6.45) is 2.03. The summed E-state index contributed by atoms with van der Waals surface area (Å²) < 4.78 is 11.1. The van der Waals surface area contributed by atoms with E-state index in [-0.39, 0.29) is 17.2 Å². The van der Waals surface area contributed by atoms with Crippen LogP contribution in [0.5, 0.6) is 11.5 Å². The number of H-pyrrole nitrogens is 1. The molecule has 3 rings (SSSR count). The maximum atomic E-state index is 12.6. The normalized spacial score (nSPS) is 10.6. The third-order valence-corrected chi connectivity index (χ3v) is 4.35. The minimum absolute atomic E-state index is 0.182. The summed E-state index contributed by atoms with van der Waals surface area (Å²) in [6.45, 7) is 3.03. The Morgan fingerprint density at radius 3 is 2.68 bits per heavy atom. The first-order valence-corrected chi connectivity index (χ1v) is 9.19. The smallest absolute Gasteiger partial charge is 0.272 e. The van der Waals surface area contributed by atoms with Crippen molar-refractivity contribution >= 4 is 16.7 Å². The van der Waals surface area contributed by atoms with Gasteiger partial charge in [0.15, 0.2) is 17.2 Å². The van der Waals surface area contributed by atoms with Gasteiger partial charge >= 0.3 is 0 Å². The van der Waals surface area contributed by atoms with Crippen molar-refractivity contribution in [3.63, 3.8) is 0 Å². The Morgan fingerprint density at radius 2 is 1.93 bits per heavy atom. The fourth-order valence-electron chi connectivity index (χ4n) is 2.82. The number of nitrogens with one attached hydrogen (secondary N) is 2. The second-order valence-electron chi connectivity index (χ2n) is 6.32. The largest absolute Gasteiger partial charge is 0.493 e. The topological polar surface area (TPSA) is 93.3 Å². The molecule has 7 nitrogen and oxygen atoms in total. The van der Waals surface area contributed by atoms with Crippen molar-refractivity contribution in [2.75, 3.05) is 13.7 Å². The molecule has 0 aliphatic carbocycles. The minimum Gasteiger partial charge on any atom is -0.493 e. The summed E-state index contributed by atoms with van der Waals surface area (Å²) in [5, 5.41) is 10.1. The molecule has 0 unspecified atom stereocenters. The first-order valence-electron chi connectivity index (χ1n) is 9.19. The van der Waals surface area contributed by atoms with Crippen LogP contribution in [0.4, 0.5) is 0 Å². The fourth-order valence-corrected chi connectivity index (χ4v) is 2.82. The second-order valence-corrected chi connectivity index (χ2v) is 6.32. The SMILES string of the molecule is CCCCOc1ccc(CNC(=O)c2n[nH]c(=O)c3ccccc23)cc1OC. The van der Waals surface area contributed by atoms with Gasteiger partial charge in [0.05, 0.1) is 19.1 Å². The fraction of sp³-hybridized carbons (Fsp3) is 0.286. The highest BCUT2D eigenvalue weighted by atomic mass is 16.5. The Balaban J connectivity index is 1.73. The number of fused-ring (bicyclic) bond motifs is 1. The highest BCUT2D eigenvalue weighted by Crippen LogP contribution is 2.28. The zero-order chi connectivity index (χ0) is 19.9. The highest BCUT2D eigenvalue weighted by Gasteiger charge is 2.14. The van der Waals surface area contributed by atoms with Gasteiger partial charge in [-0.25, -0.2) is 5.10 Å². The molecule has 146 valence electrons. The number of unbranched alkanes of at least 4 members (excludes halogenated alkanes) is 1. The number of hydrogen-bond acceptors (Lipinski definition) is 5. The van der Waals surface area contributed by atoms with Gasteiger partial charge in [0.2, 0.25) is 0 Å². The van der Waals surface area contributed by atoms with E-state index < -0.39 is 0 Å². The van der Waals surface area contributed by atoms with Crippen LogP contribution in [0.2, 0.25) is 0 Å². The second kappa shape index (κ2) is 9.03. The van der Waals surface area contributed by atoms with Gasteiger partial charge < -0.3 is 14.8 Å². The first kappa shape index (κ1) is 19.4. The number of nitrogens with zero attached hydrogens (tertiary/aromatic N) is 1. The lowest BCUT2D eigenvalue weighted by molar-refractivity contribution is 0.0946. The zero-order valence-electron chi connectivity index (χ0n) is 16.0. The van der Waals surface area contributed by atoms with Crippen LogP contribution in [0.3, 0.4) is 0 Å². The molecule has 1 heterocycles. The van der Waals surface area contributed by atoms with Crippen LogP contribution in [-0.2, 0) is 6.54 Å². The van der Waals surface area contributed by atoms with Gasteiger partial charge in [-0.2, -0.15) is 5.10 Å². The van der Waals surface area contributed by atoms with E-state index in [1.807, 2.05) is 18.2 Å². The first-order chi connectivity index (χ1) is 13.6. The van der Waals surface area contributed by atoms with E-state index in [0.717, 1.165) is 18.4 Å². The molecular formula is C21H23N3O4. The number of methoxy groups -OCH3 is 1. The number of hydrogen-bond donors (Lipinski definition) is 2. The molecule has 2 aromatic carbocycles. The quantitative estimate of drug-likeness (QED) is 0.585. The molecule has 0 radical (unpaired) electrons. The molecule has 2 N–H and O–H groups in total. The third kappa shape index (κ3) is 4.31. The van der Waals surface area contributed by atoms with Gasteiger partial charge in [0.25, 0.3) is 11.5 Å². The van der Waals surface area contributed by atoms with Gasteiger partial charge in [-0.1, -0.05) is 37.6 Å². The minimum atomic E-state index is -0.366. The molecule has 1 amide bonds. The summed E-state index contributed by atoms with van der Waals surface area (Å²) >= 11 is 0. The lowest BCUT2D eigenvalue weighted by Gasteiger charge is -2.12. The maximum absolute atomic E-state index is 12.6. The monoisotopic (exact) mass is 381 g/mol. The van der Waals surface area contributed by atoms with Gasteiger partial charge in [0, 0.05) is 11.9 Å². The van der Waals surface area contributed by atoms with Crippen molar-refractivity contribution in [2.45, 2.75) is 26.3 Å². The Hall–Kier alpha value is -3.35. The molecule has 0 saturated heterocycles. The van der Waals surface area contributed by atoms with E-state index in [0.29, 0.717) is 35.4 Å². The van der Waals surface area contributed by atoms with Crippen LogP contribution in [0.25, 0.3) is 10.8 Å². The lowest BCUT2D eigenvalue weighted by Crippen LogP contribution is -2.26. The van der Waals surface area contributed by atoms with Crippen molar-refractivity contribution in [2.24, 2.45) is 0 Å². The van der Waals surface area contributed by atoms with Crippen LogP contribution >= 0.6 is 0 Å². The predicted octanol–water partition coefficient (Wildman–Crippen LogP) is 3.04. The Bertz CT molecular complexity index is 1030. The summed E-state index contributed by atoms with van der Waals surface area (Å²) in [6, 6.07) is 12.4. The Kier molecular flexibility index (Phi) is 6.26. The zero-order valence-corrected chi connectivity index (χ0v) is 16.0. The van der Waals surface area contributed by atoms with E-state index in [9.17, 15) is 9.59 Å². The van der Waals surface area contributed by atoms with Crippen LogP contribution in [0.1, 0.15) is 35.8 Å².